The monoisotopic (exact) mass is 523 g/mol. The zero-order valence-electron chi connectivity index (χ0n) is 23.1. The van der Waals surface area contributed by atoms with Crippen LogP contribution < -0.4 is 5.73 Å². The molecule has 2 aliphatic rings. The van der Waals surface area contributed by atoms with E-state index in [1.807, 2.05) is 17.0 Å². The van der Waals surface area contributed by atoms with E-state index >= 15 is 0 Å². The molecule has 0 spiro atoms. The second-order valence-corrected chi connectivity index (χ2v) is 9.87. The minimum Gasteiger partial charge on any atom is -0.507 e. The van der Waals surface area contributed by atoms with Crippen molar-refractivity contribution in [2.24, 2.45) is 16.6 Å². The number of aromatic hydroxyl groups is 1. The maximum Gasteiger partial charge on any atom is 0.245 e. The number of allylic oxidation sites excluding steroid dienone is 2. The van der Waals surface area contributed by atoms with Crippen LogP contribution in [0.25, 0.3) is 0 Å². The van der Waals surface area contributed by atoms with E-state index in [1.165, 1.54) is 12.5 Å². The summed E-state index contributed by atoms with van der Waals surface area (Å²) in [7, 11) is 1.74. The number of Topliss-reactive ketones (excluding diaryl/α,β-unsaturated/α-hetero) is 1. The van der Waals surface area contributed by atoms with Crippen LogP contribution in [0.15, 0.2) is 60.2 Å². The van der Waals surface area contributed by atoms with E-state index in [0.29, 0.717) is 37.5 Å². The molecule has 1 aromatic rings. The molecule has 0 bridgehead atoms. The summed E-state index contributed by atoms with van der Waals surface area (Å²) in [6.07, 6.45) is 16.0. The van der Waals surface area contributed by atoms with Crippen LogP contribution in [-0.2, 0) is 16.0 Å². The van der Waals surface area contributed by atoms with Crippen LogP contribution in [0.2, 0.25) is 0 Å². The second kappa shape index (κ2) is 17.5. The first-order valence-corrected chi connectivity index (χ1v) is 13.8. The van der Waals surface area contributed by atoms with E-state index in [0.717, 1.165) is 56.5 Å². The Hall–Kier alpha value is -3.03. The van der Waals surface area contributed by atoms with Crippen LogP contribution in [-0.4, -0.2) is 66.8 Å². The zero-order chi connectivity index (χ0) is 27.8. The van der Waals surface area contributed by atoms with Crippen molar-refractivity contribution >= 4 is 17.4 Å². The number of nitrogens with zero attached hydrogens (tertiary/aromatic N) is 2. The summed E-state index contributed by atoms with van der Waals surface area (Å²) in [5, 5.41) is 10.2. The lowest BCUT2D eigenvalue weighted by Gasteiger charge is -2.29. The molecular weight excluding hydrogens is 478 g/mol. The molecule has 1 aromatic carbocycles. The highest BCUT2D eigenvalue weighted by molar-refractivity contribution is 6.03. The van der Waals surface area contributed by atoms with Gasteiger partial charge in [0.05, 0.1) is 11.7 Å². The molecule has 3 rings (SSSR count). The van der Waals surface area contributed by atoms with Gasteiger partial charge >= 0.3 is 0 Å². The highest BCUT2D eigenvalue weighted by atomic mass is 16.5. The Morgan fingerprint density at radius 3 is 2.84 bits per heavy atom. The molecule has 0 aromatic heterocycles. The van der Waals surface area contributed by atoms with Gasteiger partial charge in [-0.25, -0.2) is 0 Å². The molecular formula is C31H45N3O4. The van der Waals surface area contributed by atoms with Gasteiger partial charge in [-0.15, -0.1) is 0 Å². The molecule has 0 radical (unpaired) electrons. The van der Waals surface area contributed by atoms with Crippen molar-refractivity contribution in [1.82, 2.24) is 4.90 Å². The minimum absolute atomic E-state index is 0.000814. The third-order valence-corrected chi connectivity index (χ3v) is 6.69. The average Bonchev–Trinajstić information content (AvgIpc) is 2.91. The van der Waals surface area contributed by atoms with Crippen LogP contribution >= 0.6 is 0 Å². The smallest absolute Gasteiger partial charge is 0.245 e. The lowest BCUT2D eigenvalue weighted by atomic mass is 9.95. The predicted molar refractivity (Wildman–Crippen MR) is 155 cm³/mol. The van der Waals surface area contributed by atoms with Crippen molar-refractivity contribution in [3.63, 3.8) is 0 Å². The second-order valence-electron chi connectivity index (χ2n) is 9.87. The number of hydrogen-bond acceptors (Lipinski definition) is 6. The van der Waals surface area contributed by atoms with Gasteiger partial charge in [0, 0.05) is 45.3 Å². The van der Waals surface area contributed by atoms with Crippen LogP contribution in [0.5, 0.6) is 5.75 Å². The fourth-order valence-electron chi connectivity index (χ4n) is 4.59. The van der Waals surface area contributed by atoms with Crippen molar-refractivity contribution in [1.29, 1.82) is 0 Å². The first-order chi connectivity index (χ1) is 18.4. The van der Waals surface area contributed by atoms with Gasteiger partial charge in [-0.05, 0) is 74.8 Å². The minimum atomic E-state index is -0.0243. The molecule has 1 aliphatic carbocycles. The summed E-state index contributed by atoms with van der Waals surface area (Å²) >= 11 is 0. The van der Waals surface area contributed by atoms with Gasteiger partial charge in [0.2, 0.25) is 5.91 Å². The lowest BCUT2D eigenvalue weighted by Crippen LogP contribution is -2.37. The Kier molecular flexibility index (Phi) is 14.3. The van der Waals surface area contributed by atoms with Crippen LogP contribution in [0.1, 0.15) is 67.8 Å². The van der Waals surface area contributed by atoms with Gasteiger partial charge in [0.15, 0.2) is 5.78 Å². The molecule has 208 valence electrons. The Morgan fingerprint density at radius 1 is 1.32 bits per heavy atom. The van der Waals surface area contributed by atoms with Crippen molar-refractivity contribution in [2.45, 2.75) is 64.4 Å². The maximum absolute atomic E-state index is 12.7. The first kappa shape index (κ1) is 31.2. The fraction of sp³-hybridized carbons (Fsp3) is 0.516. The maximum atomic E-state index is 12.7. The molecule has 0 saturated carbocycles. The highest BCUT2D eigenvalue weighted by Crippen LogP contribution is 2.25. The topological polar surface area (TPSA) is 105 Å². The summed E-state index contributed by atoms with van der Waals surface area (Å²) in [5.41, 5.74) is 7.64. The molecule has 2 atom stereocenters. The van der Waals surface area contributed by atoms with Crippen molar-refractivity contribution in [3.8, 4) is 5.75 Å². The van der Waals surface area contributed by atoms with Crippen LogP contribution in [0, 0.1) is 5.92 Å². The van der Waals surface area contributed by atoms with Gasteiger partial charge in [-0.3, -0.25) is 14.6 Å². The normalized spacial score (nSPS) is 23.4. The number of carbonyl (C=O) groups excluding carboxylic acids is 2. The van der Waals surface area contributed by atoms with Crippen molar-refractivity contribution < 1.29 is 19.4 Å². The number of piperidine rings is 1. The molecule has 7 heteroatoms. The number of ether oxygens (including phenoxy) is 1. The number of benzene rings is 1. The largest absolute Gasteiger partial charge is 0.507 e. The molecule has 1 saturated heterocycles. The van der Waals surface area contributed by atoms with Crippen LogP contribution in [0.3, 0.4) is 0 Å². The number of carbonyl (C=O) groups is 2. The number of fused-ring (bicyclic) bond motifs is 1. The predicted octanol–water partition coefficient (Wildman–Crippen LogP) is 5.04. The number of amides is 1. The molecule has 38 heavy (non-hydrogen) atoms. The van der Waals surface area contributed by atoms with Gasteiger partial charge in [0.25, 0.3) is 0 Å². The molecule has 7 nitrogen and oxygen atoms in total. The van der Waals surface area contributed by atoms with Crippen molar-refractivity contribution in [3.05, 3.63) is 66.3 Å². The molecule has 1 fully saturated rings. The van der Waals surface area contributed by atoms with E-state index in [-0.39, 0.29) is 23.5 Å². The lowest BCUT2D eigenvalue weighted by molar-refractivity contribution is -0.127. The number of rotatable bonds is 5. The number of ketones is 1. The highest BCUT2D eigenvalue weighted by Gasteiger charge is 2.19. The standard InChI is InChI=1S/C22H30N2O3.C9H15NO/c1-24-18-9-6-11-19(27-15-7-14-23)10-3-2-4-12-20(25)22-17(16-18)8-5-13-21(22)26;1-3-9(11)10-6-4-5-8(2)7-10/h3,5-6,8-10,13,19,26H,2,4,7,11-12,14-16,23H2,1H3;3,8H,1,4-7H2,2H3/b9-6+,10-3+,24-18?;. The third-order valence-electron chi connectivity index (χ3n) is 6.69. The molecule has 1 heterocycles. The van der Waals surface area contributed by atoms with E-state index in [2.05, 4.69) is 36.7 Å². The number of phenolic OH excluding ortho intramolecular Hbond substituents is 1. The van der Waals surface area contributed by atoms with E-state index in [4.69, 9.17) is 10.5 Å². The summed E-state index contributed by atoms with van der Waals surface area (Å²) in [4.78, 5) is 30.0. The Bertz CT molecular complexity index is 999. The summed E-state index contributed by atoms with van der Waals surface area (Å²) in [5.74, 6) is 0.765. The molecule has 1 amide bonds. The third kappa shape index (κ3) is 10.8. The van der Waals surface area contributed by atoms with Crippen LogP contribution in [0.4, 0.5) is 0 Å². The summed E-state index contributed by atoms with van der Waals surface area (Å²) in [6.45, 7) is 8.73. The summed E-state index contributed by atoms with van der Waals surface area (Å²) < 4.78 is 5.89. The number of hydrogen-bond donors (Lipinski definition) is 2. The first-order valence-electron chi connectivity index (χ1n) is 13.8. The Labute approximate surface area is 228 Å². The Morgan fingerprint density at radius 2 is 2.13 bits per heavy atom. The Balaban J connectivity index is 0.000000384. The van der Waals surface area contributed by atoms with Crippen molar-refractivity contribution in [2.75, 3.05) is 33.3 Å². The fourth-order valence-corrected chi connectivity index (χ4v) is 4.59. The number of likely N-dealkylation sites (tertiary alicyclic amines) is 1. The quantitative estimate of drug-likeness (QED) is 0.320. The van der Waals surface area contributed by atoms with E-state index in [1.54, 1.807) is 19.2 Å². The SMILES string of the molecule is C=CC(=O)N1CCCC(C)C1.CN=C1/C=C/CC(OCCCN)/C=C/CCCC(=O)c2c(O)cccc2C1. The van der Waals surface area contributed by atoms with E-state index < -0.39 is 0 Å². The zero-order valence-corrected chi connectivity index (χ0v) is 23.1. The van der Waals surface area contributed by atoms with Gasteiger partial charge in [-0.2, -0.15) is 0 Å². The number of nitrogens with two attached hydrogens (primary N) is 1. The number of phenols is 1. The van der Waals surface area contributed by atoms with Gasteiger partial charge in [-0.1, -0.05) is 43.9 Å². The van der Waals surface area contributed by atoms with Gasteiger partial charge in [0.1, 0.15) is 5.75 Å². The van der Waals surface area contributed by atoms with Gasteiger partial charge < -0.3 is 20.5 Å². The summed E-state index contributed by atoms with van der Waals surface area (Å²) in [6, 6.07) is 5.23. The van der Waals surface area contributed by atoms with E-state index in [9.17, 15) is 14.7 Å². The average molecular weight is 524 g/mol. The molecule has 2 unspecified atom stereocenters. The number of aliphatic imine (C=N–C) groups is 1. The molecule has 1 aliphatic heterocycles. The molecule has 3 N–H and O–H groups in total.